The van der Waals surface area contributed by atoms with Crippen molar-refractivity contribution in [3.8, 4) is 0 Å². The molecule has 0 saturated heterocycles. The number of ether oxygens (including phenoxy) is 1. The molecule has 0 fully saturated rings. The fourth-order valence-corrected chi connectivity index (χ4v) is 8.27. The molecule has 1 atom stereocenters. The fourth-order valence-electron chi connectivity index (χ4n) is 8.27. The Morgan fingerprint density at radius 3 is 0.891 bits per heavy atom. The van der Waals surface area contributed by atoms with Crippen LogP contribution in [0.15, 0.2) is 0 Å². The second-order valence-electron chi connectivity index (χ2n) is 18.4. The van der Waals surface area contributed by atoms with Crippen LogP contribution in [0.1, 0.15) is 310 Å². The number of rotatable bonds is 47. The topological polar surface area (TPSA) is 43.4 Å². The third-order valence-electron chi connectivity index (χ3n) is 12.1. The van der Waals surface area contributed by atoms with Crippen molar-refractivity contribution in [2.24, 2.45) is 5.92 Å². The molecule has 55 heavy (non-hydrogen) atoms. The van der Waals surface area contributed by atoms with Crippen molar-refractivity contribution in [1.29, 1.82) is 0 Å². The van der Waals surface area contributed by atoms with Crippen molar-refractivity contribution in [3.05, 3.63) is 0 Å². The Morgan fingerprint density at radius 2 is 0.582 bits per heavy atom. The second-order valence-corrected chi connectivity index (χ2v) is 18.4. The van der Waals surface area contributed by atoms with E-state index in [2.05, 4.69) is 27.7 Å². The molecule has 328 valence electrons. The van der Waals surface area contributed by atoms with E-state index >= 15 is 0 Å². The number of ketones is 1. The molecule has 0 aliphatic rings. The van der Waals surface area contributed by atoms with E-state index in [1.165, 1.54) is 225 Å². The van der Waals surface area contributed by atoms with Crippen molar-refractivity contribution in [2.75, 3.05) is 0 Å². The van der Waals surface area contributed by atoms with E-state index in [1.54, 1.807) is 0 Å². The Balaban J connectivity index is 4.20. The van der Waals surface area contributed by atoms with Crippen LogP contribution >= 0.6 is 0 Å². The normalized spacial score (nSPS) is 12.2. The van der Waals surface area contributed by atoms with E-state index in [9.17, 15) is 9.59 Å². The van der Waals surface area contributed by atoms with Gasteiger partial charge >= 0.3 is 5.97 Å². The number of carbonyl (C=O) groups excluding carboxylic acids is 2. The summed E-state index contributed by atoms with van der Waals surface area (Å²) in [6, 6.07) is 0. The van der Waals surface area contributed by atoms with E-state index in [0.29, 0.717) is 12.8 Å². The lowest BCUT2D eigenvalue weighted by Crippen LogP contribution is -2.27. The van der Waals surface area contributed by atoms with Crippen LogP contribution in [0, 0.1) is 5.92 Å². The number of esters is 1. The minimum Gasteiger partial charge on any atom is -0.454 e. The zero-order valence-electron chi connectivity index (χ0n) is 38.5. The smallest absolute Gasteiger partial charge is 0.306 e. The lowest BCUT2D eigenvalue weighted by molar-refractivity contribution is -0.155. The van der Waals surface area contributed by atoms with Crippen molar-refractivity contribution >= 4 is 11.8 Å². The van der Waals surface area contributed by atoms with Gasteiger partial charge in [-0.1, -0.05) is 272 Å². The number of unbranched alkanes of at least 4 members (excludes halogenated alkanes) is 37. The van der Waals surface area contributed by atoms with Crippen LogP contribution in [0.4, 0.5) is 0 Å². The molecule has 0 spiro atoms. The number of hydrogen-bond acceptors (Lipinski definition) is 3. The van der Waals surface area contributed by atoms with Crippen molar-refractivity contribution < 1.29 is 14.3 Å². The first-order chi connectivity index (χ1) is 27.0. The Bertz CT molecular complexity index is 760. The Kier molecular flexibility index (Phi) is 45.1. The Hall–Kier alpha value is -0.860. The first kappa shape index (κ1) is 54.1. The Morgan fingerprint density at radius 1 is 0.327 bits per heavy atom. The standard InChI is InChI=1S/C52H102O3/c1-5-7-9-11-13-15-17-19-21-23-25-30-34-38-42-46-50(53)51(47-43-39-35-31-28-27-29-33-37-41-45-49(3)4)55-52(54)48-44-40-36-32-26-24-22-20-18-16-14-12-10-8-6-2/h49,51H,5-48H2,1-4H3. The van der Waals surface area contributed by atoms with Crippen LogP contribution in [0.2, 0.25) is 0 Å². The van der Waals surface area contributed by atoms with Crippen LogP contribution < -0.4 is 0 Å². The van der Waals surface area contributed by atoms with Gasteiger partial charge in [0, 0.05) is 12.8 Å². The van der Waals surface area contributed by atoms with Gasteiger partial charge in [0.1, 0.15) is 0 Å². The molecule has 1 unspecified atom stereocenters. The van der Waals surface area contributed by atoms with Crippen molar-refractivity contribution in [3.63, 3.8) is 0 Å². The molecule has 0 N–H and O–H groups in total. The van der Waals surface area contributed by atoms with Gasteiger partial charge in [-0.2, -0.15) is 0 Å². The number of hydrogen-bond donors (Lipinski definition) is 0. The number of Topliss-reactive ketones (excluding diaryl/α,β-unsaturated/α-hetero) is 1. The lowest BCUT2D eigenvalue weighted by Gasteiger charge is -2.17. The average molecular weight is 775 g/mol. The molecule has 0 radical (unpaired) electrons. The monoisotopic (exact) mass is 775 g/mol. The summed E-state index contributed by atoms with van der Waals surface area (Å²) < 4.78 is 5.92. The van der Waals surface area contributed by atoms with Crippen LogP contribution in [0.3, 0.4) is 0 Å². The molecule has 3 nitrogen and oxygen atoms in total. The average Bonchev–Trinajstić information content (AvgIpc) is 3.17. The summed E-state index contributed by atoms with van der Waals surface area (Å²) in [4.78, 5) is 26.2. The summed E-state index contributed by atoms with van der Waals surface area (Å²) in [6.07, 6.45) is 55.3. The van der Waals surface area contributed by atoms with Gasteiger partial charge in [0.15, 0.2) is 11.9 Å². The van der Waals surface area contributed by atoms with Gasteiger partial charge in [0.2, 0.25) is 0 Å². The molecule has 0 rings (SSSR count). The molecular weight excluding hydrogens is 673 g/mol. The molecule has 0 aromatic heterocycles. The molecule has 0 bridgehead atoms. The summed E-state index contributed by atoms with van der Waals surface area (Å²) in [5.41, 5.74) is 0. The van der Waals surface area contributed by atoms with Gasteiger partial charge in [0.05, 0.1) is 0 Å². The molecule has 0 heterocycles. The minimum absolute atomic E-state index is 0.141. The molecule has 0 aromatic rings. The highest BCUT2D eigenvalue weighted by atomic mass is 16.5. The van der Waals surface area contributed by atoms with Gasteiger partial charge in [-0.25, -0.2) is 0 Å². The van der Waals surface area contributed by atoms with Crippen LogP contribution in [-0.2, 0) is 14.3 Å². The van der Waals surface area contributed by atoms with Crippen LogP contribution in [0.5, 0.6) is 0 Å². The van der Waals surface area contributed by atoms with Gasteiger partial charge < -0.3 is 4.74 Å². The number of carbonyl (C=O) groups is 2. The van der Waals surface area contributed by atoms with Gasteiger partial charge in [-0.15, -0.1) is 0 Å². The molecule has 0 amide bonds. The summed E-state index contributed by atoms with van der Waals surface area (Å²) in [6.45, 7) is 9.23. The van der Waals surface area contributed by atoms with Crippen molar-refractivity contribution in [2.45, 2.75) is 316 Å². The predicted octanol–water partition coefficient (Wildman–Crippen LogP) is 18.3. The highest BCUT2D eigenvalue weighted by Crippen LogP contribution is 2.19. The highest BCUT2D eigenvalue weighted by molar-refractivity contribution is 5.85. The minimum atomic E-state index is -0.513. The van der Waals surface area contributed by atoms with Crippen LogP contribution in [0.25, 0.3) is 0 Å². The predicted molar refractivity (Wildman–Crippen MR) is 244 cm³/mol. The Labute approximate surface area is 347 Å². The zero-order chi connectivity index (χ0) is 40.1. The molecule has 3 heteroatoms. The van der Waals surface area contributed by atoms with E-state index in [4.69, 9.17) is 4.74 Å². The summed E-state index contributed by atoms with van der Waals surface area (Å²) in [5.74, 6) is 0.876. The van der Waals surface area contributed by atoms with Gasteiger partial charge in [0.25, 0.3) is 0 Å². The molecule has 0 aromatic carbocycles. The van der Waals surface area contributed by atoms with Gasteiger partial charge in [-0.05, 0) is 31.6 Å². The van der Waals surface area contributed by atoms with Crippen LogP contribution in [-0.4, -0.2) is 17.9 Å². The molecule has 0 aliphatic heterocycles. The third kappa shape index (κ3) is 44.1. The van der Waals surface area contributed by atoms with Crippen molar-refractivity contribution in [1.82, 2.24) is 0 Å². The zero-order valence-corrected chi connectivity index (χ0v) is 38.5. The first-order valence-electron chi connectivity index (χ1n) is 25.7. The summed E-state index contributed by atoms with van der Waals surface area (Å²) >= 11 is 0. The lowest BCUT2D eigenvalue weighted by atomic mass is 9.99. The van der Waals surface area contributed by atoms with E-state index in [1.807, 2.05) is 0 Å². The SMILES string of the molecule is CCCCCCCCCCCCCCCCCC(=O)OC(CCCCCCCCCCCCC(C)C)C(=O)CCCCCCCCCCCCCCCCC. The first-order valence-corrected chi connectivity index (χ1v) is 25.7. The maximum absolute atomic E-state index is 13.3. The highest BCUT2D eigenvalue weighted by Gasteiger charge is 2.22. The summed E-state index contributed by atoms with van der Waals surface area (Å²) in [5, 5.41) is 0. The van der Waals surface area contributed by atoms with E-state index in [-0.39, 0.29) is 11.8 Å². The quantitative estimate of drug-likeness (QED) is 0.0457. The van der Waals surface area contributed by atoms with E-state index < -0.39 is 6.10 Å². The van der Waals surface area contributed by atoms with E-state index in [0.717, 1.165) is 50.9 Å². The third-order valence-corrected chi connectivity index (χ3v) is 12.1. The maximum atomic E-state index is 13.3. The van der Waals surface area contributed by atoms with Gasteiger partial charge in [-0.3, -0.25) is 9.59 Å². The molecular formula is C52H102O3. The molecule has 0 aliphatic carbocycles. The largest absolute Gasteiger partial charge is 0.454 e. The summed E-state index contributed by atoms with van der Waals surface area (Å²) in [7, 11) is 0. The maximum Gasteiger partial charge on any atom is 0.306 e. The molecule has 0 saturated carbocycles. The second kappa shape index (κ2) is 45.8. The fraction of sp³-hybridized carbons (Fsp3) is 0.962.